The van der Waals surface area contributed by atoms with Crippen molar-refractivity contribution in [2.75, 3.05) is 0 Å². The SMILES string of the molecule is CC(C)O/C=N/C(=C\N1C(=O)c2ccccc2C1=O)O[Si](C)(C)C(C)(C)C. The lowest BCUT2D eigenvalue weighted by atomic mass is 10.1. The minimum atomic E-state index is -2.23. The number of imide groups is 1. The molecular weight excluding hydrogens is 360 g/mol. The molecule has 0 fully saturated rings. The molecular formula is C20H28N2O4Si. The second-order valence-electron chi connectivity index (χ2n) is 8.27. The van der Waals surface area contributed by atoms with Crippen molar-refractivity contribution in [1.82, 2.24) is 4.90 Å². The molecule has 0 saturated carbocycles. The van der Waals surface area contributed by atoms with Crippen LogP contribution in [0.1, 0.15) is 55.3 Å². The molecule has 2 rings (SSSR count). The Hall–Kier alpha value is -2.41. The zero-order valence-electron chi connectivity index (χ0n) is 17.1. The predicted molar refractivity (Wildman–Crippen MR) is 108 cm³/mol. The number of nitrogens with zero attached hydrogens (tertiary/aromatic N) is 2. The van der Waals surface area contributed by atoms with E-state index in [0.29, 0.717) is 11.1 Å². The first kappa shape index (κ1) is 20.9. The summed E-state index contributed by atoms with van der Waals surface area (Å²) in [5, 5.41) is -0.0670. The fourth-order valence-corrected chi connectivity index (χ4v) is 3.07. The molecule has 0 unspecified atom stereocenters. The van der Waals surface area contributed by atoms with E-state index in [0.717, 1.165) is 4.90 Å². The highest BCUT2D eigenvalue weighted by Gasteiger charge is 2.40. The van der Waals surface area contributed by atoms with Gasteiger partial charge in [0.2, 0.25) is 5.88 Å². The lowest BCUT2D eigenvalue weighted by Crippen LogP contribution is -2.40. The van der Waals surface area contributed by atoms with Crippen LogP contribution in [0.5, 0.6) is 0 Å². The number of hydrogen-bond acceptors (Lipinski definition) is 5. The molecule has 0 aromatic heterocycles. The summed E-state index contributed by atoms with van der Waals surface area (Å²) in [5.74, 6) is -0.574. The third-order valence-electron chi connectivity index (χ3n) is 4.74. The van der Waals surface area contributed by atoms with E-state index in [2.05, 4.69) is 38.9 Å². The average Bonchev–Trinajstić information content (AvgIpc) is 2.78. The molecule has 0 bridgehead atoms. The minimum Gasteiger partial charge on any atom is -0.530 e. The van der Waals surface area contributed by atoms with Crippen LogP contribution in [-0.4, -0.2) is 37.5 Å². The number of aliphatic imine (C=N–C) groups is 1. The van der Waals surface area contributed by atoms with Crippen molar-refractivity contribution in [3.8, 4) is 0 Å². The summed E-state index contributed by atoms with van der Waals surface area (Å²) in [6.45, 7) is 14.2. The van der Waals surface area contributed by atoms with Gasteiger partial charge in [-0.05, 0) is 44.1 Å². The summed E-state index contributed by atoms with van der Waals surface area (Å²) < 4.78 is 11.6. The molecule has 27 heavy (non-hydrogen) atoms. The summed E-state index contributed by atoms with van der Waals surface area (Å²) in [6.07, 6.45) is 2.62. The van der Waals surface area contributed by atoms with E-state index in [1.54, 1.807) is 24.3 Å². The highest BCUT2D eigenvalue weighted by Crippen LogP contribution is 2.38. The number of carbonyl (C=O) groups excluding carboxylic acids is 2. The molecule has 0 radical (unpaired) electrons. The summed E-state index contributed by atoms with van der Waals surface area (Å²) in [6, 6.07) is 6.75. The van der Waals surface area contributed by atoms with Gasteiger partial charge in [0.15, 0.2) is 6.40 Å². The fraction of sp³-hybridized carbons (Fsp3) is 0.450. The maximum absolute atomic E-state index is 12.6. The lowest BCUT2D eigenvalue weighted by molar-refractivity contribution is 0.0715. The van der Waals surface area contributed by atoms with Crippen LogP contribution < -0.4 is 0 Å². The third-order valence-corrected chi connectivity index (χ3v) is 9.08. The van der Waals surface area contributed by atoms with Crippen LogP contribution in [0.15, 0.2) is 41.3 Å². The molecule has 0 atom stereocenters. The quantitative estimate of drug-likeness (QED) is 0.236. The molecule has 1 heterocycles. The third kappa shape index (κ3) is 4.66. The molecule has 7 heteroatoms. The van der Waals surface area contributed by atoms with Crippen LogP contribution in [0.2, 0.25) is 18.1 Å². The smallest absolute Gasteiger partial charge is 0.265 e. The van der Waals surface area contributed by atoms with Gasteiger partial charge in [0, 0.05) is 0 Å². The standard InChI is InChI=1S/C20H28N2O4Si/c1-14(2)25-13-21-17(26-27(6,7)20(3,4)5)12-22-18(23)15-10-8-9-11-16(15)19(22)24/h8-14H,1-7H3/b17-12+,21-13+. The summed E-state index contributed by atoms with van der Waals surface area (Å²) in [5.41, 5.74) is 0.765. The lowest BCUT2D eigenvalue weighted by Gasteiger charge is -2.36. The van der Waals surface area contributed by atoms with Gasteiger partial charge < -0.3 is 9.16 Å². The Morgan fingerprint density at radius 2 is 1.63 bits per heavy atom. The molecule has 0 aliphatic carbocycles. The highest BCUT2D eigenvalue weighted by atomic mass is 28.4. The highest BCUT2D eigenvalue weighted by molar-refractivity contribution is 6.74. The van der Waals surface area contributed by atoms with Crippen molar-refractivity contribution in [2.24, 2.45) is 4.99 Å². The summed E-state index contributed by atoms with van der Waals surface area (Å²) in [7, 11) is -2.23. The van der Waals surface area contributed by atoms with Crippen LogP contribution in [0.4, 0.5) is 0 Å². The van der Waals surface area contributed by atoms with Crippen molar-refractivity contribution in [2.45, 2.75) is 58.9 Å². The number of amides is 2. The second kappa shape index (κ2) is 7.68. The van der Waals surface area contributed by atoms with E-state index in [1.807, 2.05) is 13.8 Å². The number of benzene rings is 1. The van der Waals surface area contributed by atoms with Crippen molar-refractivity contribution < 1.29 is 18.8 Å². The van der Waals surface area contributed by atoms with Gasteiger partial charge in [0.25, 0.3) is 20.1 Å². The Bertz CT molecular complexity index is 756. The molecule has 1 aromatic carbocycles. The summed E-state index contributed by atoms with van der Waals surface area (Å²) in [4.78, 5) is 30.5. The Kier molecular flexibility index (Phi) is 5.94. The molecule has 2 amide bonds. The predicted octanol–water partition coefficient (Wildman–Crippen LogP) is 4.56. The zero-order valence-corrected chi connectivity index (χ0v) is 18.1. The molecule has 1 aliphatic rings. The van der Waals surface area contributed by atoms with Gasteiger partial charge in [-0.25, -0.2) is 4.90 Å². The molecule has 1 aromatic rings. The number of fused-ring (bicyclic) bond motifs is 1. The Labute approximate surface area is 162 Å². The van der Waals surface area contributed by atoms with E-state index < -0.39 is 8.32 Å². The Morgan fingerprint density at radius 3 is 2.07 bits per heavy atom. The van der Waals surface area contributed by atoms with Crippen LogP contribution in [0, 0.1) is 0 Å². The molecule has 0 saturated heterocycles. The molecule has 146 valence electrons. The average molecular weight is 389 g/mol. The van der Waals surface area contributed by atoms with E-state index in [1.165, 1.54) is 12.6 Å². The first-order valence-electron chi connectivity index (χ1n) is 9.00. The van der Waals surface area contributed by atoms with Crippen molar-refractivity contribution >= 4 is 26.5 Å². The molecule has 6 nitrogen and oxygen atoms in total. The first-order valence-corrected chi connectivity index (χ1v) is 11.9. The monoisotopic (exact) mass is 388 g/mol. The topological polar surface area (TPSA) is 68.2 Å². The Morgan fingerprint density at radius 1 is 1.11 bits per heavy atom. The fourth-order valence-electron chi connectivity index (χ4n) is 2.14. The van der Waals surface area contributed by atoms with E-state index in [9.17, 15) is 9.59 Å². The molecule has 0 spiro atoms. The van der Waals surface area contributed by atoms with Gasteiger partial charge in [-0.15, -0.1) is 0 Å². The number of rotatable bonds is 6. The summed E-state index contributed by atoms with van der Waals surface area (Å²) >= 11 is 0. The first-order chi connectivity index (χ1) is 12.4. The maximum atomic E-state index is 12.6. The van der Waals surface area contributed by atoms with Gasteiger partial charge in [-0.3, -0.25) is 9.59 Å². The van der Waals surface area contributed by atoms with Gasteiger partial charge in [0.1, 0.15) is 0 Å². The van der Waals surface area contributed by atoms with Crippen molar-refractivity contribution in [3.63, 3.8) is 0 Å². The number of carbonyl (C=O) groups is 2. The van der Waals surface area contributed by atoms with Crippen LogP contribution >= 0.6 is 0 Å². The second-order valence-corrected chi connectivity index (χ2v) is 13.0. The van der Waals surface area contributed by atoms with Crippen LogP contribution in [0.3, 0.4) is 0 Å². The van der Waals surface area contributed by atoms with Crippen LogP contribution in [0.25, 0.3) is 0 Å². The van der Waals surface area contributed by atoms with E-state index in [4.69, 9.17) is 9.16 Å². The van der Waals surface area contributed by atoms with Gasteiger partial charge >= 0.3 is 0 Å². The van der Waals surface area contributed by atoms with Gasteiger partial charge in [-0.2, -0.15) is 4.99 Å². The molecule has 0 N–H and O–H groups in total. The zero-order chi connectivity index (χ0) is 20.4. The number of hydrogen-bond donors (Lipinski definition) is 0. The van der Waals surface area contributed by atoms with Gasteiger partial charge in [0.05, 0.1) is 23.4 Å². The largest absolute Gasteiger partial charge is 0.530 e. The van der Waals surface area contributed by atoms with E-state index >= 15 is 0 Å². The Balaban J connectivity index is 2.37. The number of ether oxygens (including phenoxy) is 1. The van der Waals surface area contributed by atoms with Crippen molar-refractivity contribution in [3.05, 3.63) is 47.5 Å². The van der Waals surface area contributed by atoms with Gasteiger partial charge in [-0.1, -0.05) is 32.9 Å². The van der Waals surface area contributed by atoms with Crippen molar-refractivity contribution in [1.29, 1.82) is 0 Å². The minimum absolute atomic E-state index is 0.0397. The van der Waals surface area contributed by atoms with Crippen LogP contribution in [-0.2, 0) is 9.16 Å². The van der Waals surface area contributed by atoms with E-state index in [-0.39, 0.29) is 28.8 Å². The normalized spacial score (nSPS) is 15.7. The molecule has 1 aliphatic heterocycles. The maximum Gasteiger partial charge on any atom is 0.265 e.